The van der Waals surface area contributed by atoms with E-state index >= 15 is 0 Å². The van der Waals surface area contributed by atoms with Crippen molar-refractivity contribution in [1.29, 1.82) is 0 Å². The highest BCUT2D eigenvalue weighted by molar-refractivity contribution is 5.42. The molecule has 4 heteroatoms. The highest BCUT2D eigenvalue weighted by atomic mass is 19.1. The number of imidazole rings is 1. The Morgan fingerprint density at radius 3 is 2.85 bits per heavy atom. The van der Waals surface area contributed by atoms with Crippen molar-refractivity contribution in [3.05, 3.63) is 47.8 Å². The smallest absolute Gasteiger partial charge is 0.123 e. The number of hydrogen-bond acceptors (Lipinski definition) is 2. The summed E-state index contributed by atoms with van der Waals surface area (Å²) in [5.41, 5.74) is 1.98. The minimum absolute atomic E-state index is 0.195. The second-order valence-corrected chi connectivity index (χ2v) is 4.91. The third kappa shape index (κ3) is 3.45. The van der Waals surface area contributed by atoms with Gasteiger partial charge in [-0.3, -0.25) is 0 Å². The second kappa shape index (κ2) is 7.20. The van der Waals surface area contributed by atoms with Crippen molar-refractivity contribution >= 4 is 0 Å². The molecule has 1 aromatic carbocycles. The topological polar surface area (TPSA) is 29.9 Å². The monoisotopic (exact) mass is 275 g/mol. The molecule has 0 aliphatic carbocycles. The van der Waals surface area contributed by atoms with Gasteiger partial charge in [0.15, 0.2) is 0 Å². The molecule has 0 saturated carbocycles. The molecule has 0 spiro atoms. The Labute approximate surface area is 119 Å². The van der Waals surface area contributed by atoms with E-state index in [0.29, 0.717) is 6.54 Å². The van der Waals surface area contributed by atoms with Gasteiger partial charge in [-0.2, -0.15) is 0 Å². The second-order valence-electron chi connectivity index (χ2n) is 4.91. The molecule has 0 saturated heterocycles. The summed E-state index contributed by atoms with van der Waals surface area (Å²) >= 11 is 0. The molecular formula is C16H22FN3. The van der Waals surface area contributed by atoms with Crippen molar-refractivity contribution in [3.8, 4) is 5.69 Å². The summed E-state index contributed by atoms with van der Waals surface area (Å²) in [6.45, 7) is 5.86. The zero-order valence-corrected chi connectivity index (χ0v) is 12.2. The Morgan fingerprint density at radius 2 is 2.10 bits per heavy atom. The fourth-order valence-corrected chi connectivity index (χ4v) is 2.29. The number of rotatable bonds is 7. The van der Waals surface area contributed by atoms with Crippen LogP contribution in [0.25, 0.3) is 5.69 Å². The van der Waals surface area contributed by atoms with Crippen LogP contribution in [0.5, 0.6) is 0 Å². The minimum atomic E-state index is -0.195. The molecule has 0 unspecified atom stereocenters. The van der Waals surface area contributed by atoms with Gasteiger partial charge in [0.05, 0.1) is 5.69 Å². The summed E-state index contributed by atoms with van der Waals surface area (Å²) < 4.78 is 15.6. The van der Waals surface area contributed by atoms with E-state index in [1.54, 1.807) is 12.3 Å². The molecule has 0 amide bonds. The van der Waals surface area contributed by atoms with Crippen LogP contribution in [-0.4, -0.2) is 16.1 Å². The summed E-state index contributed by atoms with van der Waals surface area (Å²) in [4.78, 5) is 4.39. The summed E-state index contributed by atoms with van der Waals surface area (Å²) in [5, 5.41) is 3.33. The van der Waals surface area contributed by atoms with Crippen molar-refractivity contribution in [2.24, 2.45) is 0 Å². The summed E-state index contributed by atoms with van der Waals surface area (Å²) in [6.07, 6.45) is 6.78. The number of hydrogen-bond donors (Lipinski definition) is 1. The van der Waals surface area contributed by atoms with Gasteiger partial charge < -0.3 is 9.88 Å². The number of halogens is 1. The molecule has 1 heterocycles. The Hall–Kier alpha value is -1.68. The first kappa shape index (κ1) is 14.7. The average molecular weight is 275 g/mol. The standard InChI is InChI=1S/C16H22FN3/c1-3-5-16-19-9-10-20(16)15-7-6-14(17)11-13(15)12-18-8-4-2/h6-7,9-11,18H,3-5,8,12H2,1-2H3. The van der Waals surface area contributed by atoms with Gasteiger partial charge in [0.1, 0.15) is 11.6 Å². The van der Waals surface area contributed by atoms with Crippen LogP contribution in [-0.2, 0) is 13.0 Å². The molecule has 0 atom stereocenters. The summed E-state index contributed by atoms with van der Waals surface area (Å²) in [5.74, 6) is 0.829. The highest BCUT2D eigenvalue weighted by Gasteiger charge is 2.09. The molecule has 1 N–H and O–H groups in total. The van der Waals surface area contributed by atoms with Gasteiger partial charge in [0.25, 0.3) is 0 Å². The Kier molecular flexibility index (Phi) is 5.30. The quantitative estimate of drug-likeness (QED) is 0.784. The van der Waals surface area contributed by atoms with Crippen LogP contribution < -0.4 is 5.32 Å². The van der Waals surface area contributed by atoms with Crippen molar-refractivity contribution in [2.75, 3.05) is 6.54 Å². The predicted molar refractivity (Wildman–Crippen MR) is 79.5 cm³/mol. The van der Waals surface area contributed by atoms with Crippen molar-refractivity contribution in [3.63, 3.8) is 0 Å². The third-order valence-electron chi connectivity index (χ3n) is 3.23. The summed E-state index contributed by atoms with van der Waals surface area (Å²) in [7, 11) is 0. The van der Waals surface area contributed by atoms with Crippen LogP contribution in [0, 0.1) is 5.82 Å². The number of benzene rings is 1. The van der Waals surface area contributed by atoms with E-state index in [1.165, 1.54) is 6.07 Å². The lowest BCUT2D eigenvalue weighted by atomic mass is 10.1. The maximum absolute atomic E-state index is 13.5. The molecule has 0 fully saturated rings. The van der Waals surface area contributed by atoms with Gasteiger partial charge in [-0.1, -0.05) is 13.8 Å². The molecule has 0 radical (unpaired) electrons. The fourth-order valence-electron chi connectivity index (χ4n) is 2.29. The van der Waals surface area contributed by atoms with Gasteiger partial charge in [0, 0.05) is 25.4 Å². The maximum atomic E-state index is 13.5. The normalized spacial score (nSPS) is 10.9. The van der Waals surface area contributed by atoms with E-state index in [-0.39, 0.29) is 5.82 Å². The molecule has 20 heavy (non-hydrogen) atoms. The first-order chi connectivity index (χ1) is 9.76. The van der Waals surface area contributed by atoms with Gasteiger partial charge in [-0.25, -0.2) is 9.37 Å². The van der Waals surface area contributed by atoms with Gasteiger partial charge >= 0.3 is 0 Å². The Bertz CT molecular complexity index is 548. The molecule has 108 valence electrons. The Morgan fingerprint density at radius 1 is 1.25 bits per heavy atom. The van der Waals surface area contributed by atoms with E-state index in [9.17, 15) is 4.39 Å². The van der Waals surface area contributed by atoms with Crippen LogP contribution >= 0.6 is 0 Å². The first-order valence-corrected chi connectivity index (χ1v) is 7.28. The molecule has 0 bridgehead atoms. The van der Waals surface area contributed by atoms with E-state index in [0.717, 1.165) is 42.9 Å². The summed E-state index contributed by atoms with van der Waals surface area (Å²) in [6, 6.07) is 4.95. The van der Waals surface area contributed by atoms with Gasteiger partial charge in [-0.15, -0.1) is 0 Å². The fraction of sp³-hybridized carbons (Fsp3) is 0.438. The van der Waals surface area contributed by atoms with Crippen molar-refractivity contribution in [2.45, 2.75) is 39.7 Å². The number of aromatic nitrogens is 2. The van der Waals surface area contributed by atoms with Gasteiger partial charge in [0.2, 0.25) is 0 Å². The van der Waals surface area contributed by atoms with E-state index in [1.807, 2.05) is 12.3 Å². The van der Waals surface area contributed by atoms with Crippen molar-refractivity contribution in [1.82, 2.24) is 14.9 Å². The molecule has 1 aromatic heterocycles. The lowest BCUT2D eigenvalue weighted by Gasteiger charge is -2.14. The largest absolute Gasteiger partial charge is 0.313 e. The van der Waals surface area contributed by atoms with E-state index < -0.39 is 0 Å². The molecule has 2 rings (SSSR count). The predicted octanol–water partition coefficient (Wildman–Crippen LogP) is 3.46. The van der Waals surface area contributed by atoms with Crippen LogP contribution in [0.4, 0.5) is 4.39 Å². The van der Waals surface area contributed by atoms with E-state index in [4.69, 9.17) is 0 Å². The van der Waals surface area contributed by atoms with Crippen LogP contribution in [0.3, 0.4) is 0 Å². The number of nitrogens with zero attached hydrogens (tertiary/aromatic N) is 2. The third-order valence-corrected chi connectivity index (χ3v) is 3.23. The molecular weight excluding hydrogens is 253 g/mol. The van der Waals surface area contributed by atoms with Crippen LogP contribution in [0.2, 0.25) is 0 Å². The van der Waals surface area contributed by atoms with Gasteiger partial charge in [-0.05, 0) is 43.1 Å². The molecule has 3 nitrogen and oxygen atoms in total. The number of nitrogens with one attached hydrogen (secondary N) is 1. The molecule has 0 aliphatic heterocycles. The minimum Gasteiger partial charge on any atom is -0.313 e. The maximum Gasteiger partial charge on any atom is 0.123 e. The Balaban J connectivity index is 2.31. The average Bonchev–Trinajstić information content (AvgIpc) is 2.88. The lowest BCUT2D eigenvalue weighted by molar-refractivity contribution is 0.617. The molecule has 0 aliphatic rings. The van der Waals surface area contributed by atoms with E-state index in [2.05, 4.69) is 28.7 Å². The van der Waals surface area contributed by atoms with Crippen molar-refractivity contribution < 1.29 is 4.39 Å². The van der Waals surface area contributed by atoms with Crippen LogP contribution in [0.15, 0.2) is 30.6 Å². The number of aryl methyl sites for hydroxylation is 1. The zero-order chi connectivity index (χ0) is 14.4. The SMILES string of the molecule is CCCNCc1cc(F)ccc1-n1ccnc1CCC. The van der Waals surface area contributed by atoms with Crippen LogP contribution in [0.1, 0.15) is 38.1 Å². The first-order valence-electron chi connectivity index (χ1n) is 7.28. The molecule has 2 aromatic rings. The highest BCUT2D eigenvalue weighted by Crippen LogP contribution is 2.18. The zero-order valence-electron chi connectivity index (χ0n) is 12.2. The lowest BCUT2D eigenvalue weighted by Crippen LogP contribution is -2.16.